The average molecular weight is 325 g/mol. The number of hydrogen-bond donors (Lipinski definition) is 0. The monoisotopic (exact) mass is 324 g/mol. The number of aryl methyl sites for hydroxylation is 1. The van der Waals surface area contributed by atoms with Gasteiger partial charge in [0.1, 0.15) is 18.0 Å². The molecule has 0 amide bonds. The van der Waals surface area contributed by atoms with E-state index in [1.807, 2.05) is 10.6 Å². The molecule has 0 bridgehead atoms. The Labute approximate surface area is 130 Å². The number of halogens is 3. The maximum Gasteiger partial charge on any atom is 0.144 e. The maximum atomic E-state index is 13.6. The van der Waals surface area contributed by atoms with Gasteiger partial charge in [0.25, 0.3) is 0 Å². The lowest BCUT2D eigenvalue weighted by atomic mass is 10.3. The maximum absolute atomic E-state index is 13.6. The van der Waals surface area contributed by atoms with Crippen molar-refractivity contribution in [2.24, 2.45) is 0 Å². The zero-order valence-corrected chi connectivity index (χ0v) is 12.4. The molecule has 0 saturated carbocycles. The average Bonchev–Trinajstić information content (AvgIpc) is 2.79. The second-order valence-electron chi connectivity index (χ2n) is 4.51. The molecule has 0 aliphatic carbocycles. The lowest BCUT2D eigenvalue weighted by Gasteiger charge is -2.08. The van der Waals surface area contributed by atoms with Crippen LogP contribution < -0.4 is 0 Å². The van der Waals surface area contributed by atoms with Crippen LogP contribution >= 0.6 is 23.2 Å². The van der Waals surface area contributed by atoms with E-state index in [-0.39, 0.29) is 5.02 Å². The molecule has 2 heterocycles. The van der Waals surface area contributed by atoms with Crippen LogP contribution in [0.3, 0.4) is 0 Å². The first kappa shape index (κ1) is 14.2. The van der Waals surface area contributed by atoms with Crippen molar-refractivity contribution >= 4 is 34.2 Å². The minimum atomic E-state index is -0.478. The minimum absolute atomic E-state index is 0.0729. The molecule has 0 atom stereocenters. The third-order valence-corrected chi connectivity index (χ3v) is 3.63. The fourth-order valence-electron chi connectivity index (χ4n) is 2.20. The van der Waals surface area contributed by atoms with E-state index in [0.29, 0.717) is 24.4 Å². The summed E-state index contributed by atoms with van der Waals surface area (Å²) in [6.45, 7) is 0.507. The van der Waals surface area contributed by atoms with Gasteiger partial charge in [0.15, 0.2) is 0 Å². The Hall–Kier alpha value is -1.72. The van der Waals surface area contributed by atoms with Crippen LogP contribution in [0.5, 0.6) is 0 Å². The van der Waals surface area contributed by atoms with Gasteiger partial charge in [0.2, 0.25) is 0 Å². The number of fused-ring (bicyclic) bond motifs is 1. The van der Waals surface area contributed by atoms with Gasteiger partial charge in [-0.1, -0.05) is 11.6 Å². The van der Waals surface area contributed by atoms with Crippen molar-refractivity contribution in [3.05, 3.63) is 53.1 Å². The topological polar surface area (TPSA) is 43.6 Å². The summed E-state index contributed by atoms with van der Waals surface area (Å²) in [5.74, 6) is 0.733. The van der Waals surface area contributed by atoms with Crippen molar-refractivity contribution in [3.8, 4) is 0 Å². The Balaban J connectivity index is 2.13. The molecule has 0 saturated heterocycles. The Morgan fingerprint density at radius 1 is 1.29 bits per heavy atom. The molecule has 21 heavy (non-hydrogen) atoms. The standard InChI is InChI=1S/C14H11Cl2FN4/c15-3-1-14-20-12-6-11(17)10(16)5-13(12)21(14)7-9-2-4-18-8-19-9/h2,4-6,8H,1,3,7H2. The van der Waals surface area contributed by atoms with Crippen LogP contribution in [0.25, 0.3) is 11.0 Å². The van der Waals surface area contributed by atoms with E-state index in [1.165, 1.54) is 12.4 Å². The molecule has 0 radical (unpaired) electrons. The third-order valence-electron chi connectivity index (χ3n) is 3.15. The van der Waals surface area contributed by atoms with Crippen molar-refractivity contribution in [1.29, 1.82) is 0 Å². The Bertz CT molecular complexity index is 773. The van der Waals surface area contributed by atoms with Gasteiger partial charge < -0.3 is 4.57 Å². The minimum Gasteiger partial charge on any atom is -0.322 e. The van der Waals surface area contributed by atoms with Crippen molar-refractivity contribution in [1.82, 2.24) is 19.5 Å². The fourth-order valence-corrected chi connectivity index (χ4v) is 2.52. The summed E-state index contributed by atoms with van der Waals surface area (Å²) in [6.07, 6.45) is 3.75. The molecule has 0 aliphatic rings. The number of aromatic nitrogens is 4. The Kier molecular flexibility index (Phi) is 4.03. The highest BCUT2D eigenvalue weighted by Crippen LogP contribution is 2.24. The van der Waals surface area contributed by atoms with Crippen molar-refractivity contribution in [3.63, 3.8) is 0 Å². The summed E-state index contributed by atoms with van der Waals surface area (Å²) >= 11 is 11.7. The van der Waals surface area contributed by atoms with Crippen LogP contribution in [0, 0.1) is 5.82 Å². The molecule has 0 aliphatic heterocycles. The van der Waals surface area contributed by atoms with Crippen LogP contribution in [0.4, 0.5) is 4.39 Å². The summed E-state index contributed by atoms with van der Waals surface area (Å²) in [7, 11) is 0. The lowest BCUT2D eigenvalue weighted by Crippen LogP contribution is -2.07. The van der Waals surface area contributed by atoms with E-state index in [4.69, 9.17) is 23.2 Å². The normalized spacial score (nSPS) is 11.2. The molecule has 3 rings (SSSR count). The van der Waals surface area contributed by atoms with Gasteiger partial charge in [0.05, 0.1) is 28.3 Å². The molecular formula is C14H11Cl2FN4. The quantitative estimate of drug-likeness (QED) is 0.690. The van der Waals surface area contributed by atoms with Gasteiger partial charge in [-0.3, -0.25) is 0 Å². The van der Waals surface area contributed by atoms with Crippen LogP contribution in [-0.2, 0) is 13.0 Å². The smallest absolute Gasteiger partial charge is 0.144 e. The first-order valence-corrected chi connectivity index (χ1v) is 7.25. The Morgan fingerprint density at radius 3 is 2.86 bits per heavy atom. The van der Waals surface area contributed by atoms with Gasteiger partial charge >= 0.3 is 0 Å². The second kappa shape index (κ2) is 5.95. The summed E-state index contributed by atoms with van der Waals surface area (Å²) in [4.78, 5) is 12.5. The summed E-state index contributed by atoms with van der Waals surface area (Å²) < 4.78 is 15.5. The molecule has 7 heteroatoms. The van der Waals surface area contributed by atoms with Crippen LogP contribution in [-0.4, -0.2) is 25.4 Å². The molecule has 4 nitrogen and oxygen atoms in total. The zero-order chi connectivity index (χ0) is 14.8. The van der Waals surface area contributed by atoms with E-state index in [1.54, 1.807) is 12.3 Å². The molecule has 2 aromatic heterocycles. The highest BCUT2D eigenvalue weighted by atomic mass is 35.5. The van der Waals surface area contributed by atoms with E-state index < -0.39 is 5.82 Å². The molecule has 0 unspecified atom stereocenters. The van der Waals surface area contributed by atoms with Gasteiger partial charge in [-0.2, -0.15) is 0 Å². The SMILES string of the molecule is Fc1cc2nc(CCCl)n(Cc3ccncn3)c2cc1Cl. The first-order valence-electron chi connectivity index (χ1n) is 6.34. The van der Waals surface area contributed by atoms with E-state index in [2.05, 4.69) is 15.0 Å². The Morgan fingerprint density at radius 2 is 2.14 bits per heavy atom. The molecule has 3 aromatic rings. The van der Waals surface area contributed by atoms with E-state index in [0.717, 1.165) is 17.0 Å². The van der Waals surface area contributed by atoms with E-state index >= 15 is 0 Å². The molecular weight excluding hydrogens is 314 g/mol. The number of rotatable bonds is 4. The van der Waals surface area contributed by atoms with Crippen LogP contribution in [0.1, 0.15) is 11.5 Å². The molecule has 0 N–H and O–H groups in total. The predicted octanol–water partition coefficient (Wildman–Crippen LogP) is 3.45. The van der Waals surface area contributed by atoms with Crippen LogP contribution in [0.2, 0.25) is 5.02 Å². The van der Waals surface area contributed by atoms with Crippen LogP contribution in [0.15, 0.2) is 30.7 Å². The number of nitrogens with zero attached hydrogens (tertiary/aromatic N) is 4. The molecule has 1 aromatic carbocycles. The van der Waals surface area contributed by atoms with Crippen molar-refractivity contribution in [2.75, 3.05) is 5.88 Å². The number of imidazole rings is 1. The molecule has 0 fully saturated rings. The zero-order valence-electron chi connectivity index (χ0n) is 10.9. The first-order chi connectivity index (χ1) is 10.2. The lowest BCUT2D eigenvalue weighted by molar-refractivity contribution is 0.629. The van der Waals surface area contributed by atoms with Gasteiger partial charge in [-0.25, -0.2) is 19.3 Å². The fraction of sp³-hybridized carbons (Fsp3) is 0.214. The van der Waals surface area contributed by atoms with Gasteiger partial charge in [-0.05, 0) is 12.1 Å². The summed E-state index contributed by atoms with van der Waals surface area (Å²) in [5, 5.41) is 0.0729. The number of alkyl halides is 1. The highest BCUT2D eigenvalue weighted by molar-refractivity contribution is 6.31. The highest BCUT2D eigenvalue weighted by Gasteiger charge is 2.14. The largest absolute Gasteiger partial charge is 0.322 e. The number of benzene rings is 1. The van der Waals surface area contributed by atoms with E-state index in [9.17, 15) is 4.39 Å². The second-order valence-corrected chi connectivity index (χ2v) is 5.29. The molecule has 108 valence electrons. The summed E-state index contributed by atoms with van der Waals surface area (Å²) in [6, 6.07) is 4.74. The van der Waals surface area contributed by atoms with Crippen molar-refractivity contribution < 1.29 is 4.39 Å². The summed E-state index contributed by atoms with van der Waals surface area (Å²) in [5.41, 5.74) is 2.16. The van der Waals surface area contributed by atoms with Crippen molar-refractivity contribution in [2.45, 2.75) is 13.0 Å². The third kappa shape index (κ3) is 2.84. The molecule has 0 spiro atoms. The number of hydrogen-bond acceptors (Lipinski definition) is 3. The van der Waals surface area contributed by atoms with Gasteiger partial charge in [-0.15, -0.1) is 11.6 Å². The predicted molar refractivity (Wildman–Crippen MR) is 80.3 cm³/mol. The van der Waals surface area contributed by atoms with Gasteiger partial charge in [0, 0.05) is 24.6 Å².